The second kappa shape index (κ2) is 24.5. The van der Waals surface area contributed by atoms with Gasteiger partial charge in [0.25, 0.3) is 6.16 Å². The number of hydrogen-bond acceptors (Lipinski definition) is 3. The van der Waals surface area contributed by atoms with E-state index in [0.717, 1.165) is 7.11 Å². The number of nitrogens with zero attached hydrogens (tertiary/aromatic N) is 1. The number of carbonyl (C=O) groups excluding carboxylic acids is 1. The molecule has 0 unspecified atom stereocenters. The normalized spacial score (nSPS) is 11.1. The maximum atomic E-state index is 9.03. The fourth-order valence-electron chi connectivity index (χ4n) is 3.81. The lowest BCUT2D eigenvalue weighted by Crippen LogP contribution is -2.41. The zero-order valence-corrected chi connectivity index (χ0v) is 21.3. The molecular weight excluding hydrogens is 374 g/mol. The van der Waals surface area contributed by atoms with Crippen LogP contribution in [-0.2, 0) is 4.74 Å². The molecule has 0 aliphatic heterocycles. The van der Waals surface area contributed by atoms with Gasteiger partial charge in [-0.2, -0.15) is 0 Å². The molecule has 182 valence electrons. The topological polar surface area (TPSA) is 49.4 Å². The molecule has 30 heavy (non-hydrogen) atoms. The Morgan fingerprint density at radius 3 is 1.07 bits per heavy atom. The van der Waals surface area contributed by atoms with Crippen molar-refractivity contribution >= 4 is 6.16 Å². The van der Waals surface area contributed by atoms with Crippen molar-refractivity contribution in [3.8, 4) is 0 Å². The Labute approximate surface area is 189 Å². The first-order valence-corrected chi connectivity index (χ1v) is 13.0. The number of methoxy groups -OCH3 is 1. The van der Waals surface area contributed by atoms with Crippen LogP contribution in [0.4, 0.5) is 4.79 Å². The minimum Gasteiger partial charge on any atom is -0.553 e. The first-order valence-electron chi connectivity index (χ1n) is 13.0. The molecule has 0 heterocycles. The van der Waals surface area contributed by atoms with E-state index in [1.807, 2.05) is 0 Å². The largest absolute Gasteiger partial charge is 0.553 e. The third-order valence-electron chi connectivity index (χ3n) is 5.90. The molecule has 4 heteroatoms. The molecule has 0 atom stereocenters. The smallest absolute Gasteiger partial charge is 0.251 e. The molecule has 0 radical (unpaired) electrons. The third-order valence-corrected chi connectivity index (χ3v) is 5.90. The number of carbonyl (C=O) groups is 1. The van der Waals surface area contributed by atoms with Gasteiger partial charge in [-0.1, -0.05) is 104 Å². The Balaban J connectivity index is 0. The van der Waals surface area contributed by atoms with Crippen LogP contribution in [0.3, 0.4) is 0 Å². The summed E-state index contributed by atoms with van der Waals surface area (Å²) in [5.41, 5.74) is 0. The molecule has 0 bridgehead atoms. The van der Waals surface area contributed by atoms with Crippen LogP contribution < -0.4 is 5.11 Å². The summed E-state index contributed by atoms with van der Waals surface area (Å²) in [6, 6.07) is 0. The van der Waals surface area contributed by atoms with Crippen molar-refractivity contribution in [3.05, 3.63) is 0 Å². The highest BCUT2D eigenvalue weighted by Gasteiger charge is 2.13. The molecule has 0 spiro atoms. The van der Waals surface area contributed by atoms with E-state index in [1.54, 1.807) is 0 Å². The van der Waals surface area contributed by atoms with Crippen LogP contribution in [0.15, 0.2) is 0 Å². The van der Waals surface area contributed by atoms with Crippen LogP contribution in [0.25, 0.3) is 0 Å². The summed E-state index contributed by atoms with van der Waals surface area (Å²) in [6.45, 7) is 7.36. The maximum absolute atomic E-state index is 9.03. The first kappa shape index (κ1) is 31.4. The van der Waals surface area contributed by atoms with Gasteiger partial charge in [0.15, 0.2) is 0 Å². The minimum absolute atomic E-state index is 1.04. The number of carboxylic acid groups (broad SMARTS) is 1. The summed E-state index contributed by atoms with van der Waals surface area (Å²) in [5.74, 6) is 0. The van der Waals surface area contributed by atoms with E-state index in [0.29, 0.717) is 0 Å². The van der Waals surface area contributed by atoms with Gasteiger partial charge < -0.3 is 19.1 Å². The predicted octanol–water partition coefficient (Wildman–Crippen LogP) is 7.10. The Bertz CT molecular complexity index is 321. The predicted molar refractivity (Wildman–Crippen MR) is 129 cm³/mol. The van der Waals surface area contributed by atoms with E-state index in [9.17, 15) is 0 Å². The summed E-state index contributed by atoms with van der Waals surface area (Å²) in [4.78, 5) is 9.03. The Hall–Kier alpha value is -0.770. The number of unbranched alkanes of at least 4 members (excludes halogenated alkanes) is 16. The van der Waals surface area contributed by atoms with Gasteiger partial charge in [0.05, 0.1) is 27.2 Å². The van der Waals surface area contributed by atoms with Crippen LogP contribution in [0, 0.1) is 0 Å². The average molecular weight is 430 g/mol. The third kappa shape index (κ3) is 29.4. The lowest BCUT2D eigenvalue weighted by atomic mass is 10.1. The quantitative estimate of drug-likeness (QED) is 0.118. The highest BCUT2D eigenvalue weighted by molar-refractivity contribution is 5.53. The Kier molecular flexibility index (Phi) is 25.7. The summed E-state index contributed by atoms with van der Waals surface area (Å²) < 4.78 is 4.80. The molecule has 0 aromatic heterocycles. The Morgan fingerprint density at radius 1 is 0.600 bits per heavy atom. The van der Waals surface area contributed by atoms with E-state index in [-0.39, 0.29) is 0 Å². The minimum atomic E-state index is -1.50. The molecule has 0 aliphatic carbocycles. The van der Waals surface area contributed by atoms with E-state index in [1.165, 1.54) is 133 Å². The second-order valence-electron chi connectivity index (χ2n) is 9.49. The van der Waals surface area contributed by atoms with Crippen molar-refractivity contribution in [2.75, 3.05) is 34.3 Å². The van der Waals surface area contributed by atoms with Gasteiger partial charge in [0, 0.05) is 7.11 Å². The molecule has 0 fully saturated rings. The number of quaternary nitrogens is 1. The maximum Gasteiger partial charge on any atom is 0.251 e. The van der Waals surface area contributed by atoms with E-state index >= 15 is 0 Å². The first-order chi connectivity index (χ1) is 14.4. The van der Waals surface area contributed by atoms with Gasteiger partial charge >= 0.3 is 0 Å². The fourth-order valence-corrected chi connectivity index (χ4v) is 3.81. The van der Waals surface area contributed by atoms with Crippen molar-refractivity contribution in [2.24, 2.45) is 0 Å². The molecular formula is C26H55NO3. The van der Waals surface area contributed by atoms with E-state index in [2.05, 4.69) is 32.7 Å². The lowest BCUT2D eigenvalue weighted by Gasteiger charge is -2.30. The highest BCUT2D eigenvalue weighted by Crippen LogP contribution is 2.13. The van der Waals surface area contributed by atoms with Crippen molar-refractivity contribution < 1.29 is 19.1 Å². The van der Waals surface area contributed by atoms with Crippen LogP contribution >= 0.6 is 0 Å². The SMILES string of the molecule is CCCCCCCCCCC[N+](C)(C)CCCCCCCCCCC.COC(=O)[O-]. The summed E-state index contributed by atoms with van der Waals surface area (Å²) in [6.07, 6.45) is 24.5. The molecule has 0 rings (SSSR count). The molecule has 0 aromatic rings. The van der Waals surface area contributed by atoms with Crippen molar-refractivity contribution in [2.45, 2.75) is 129 Å². The van der Waals surface area contributed by atoms with Gasteiger partial charge in [-0.05, 0) is 25.7 Å². The fraction of sp³-hybridized carbons (Fsp3) is 0.962. The number of hydrogen-bond donors (Lipinski definition) is 0. The zero-order valence-electron chi connectivity index (χ0n) is 21.3. The summed E-state index contributed by atoms with van der Waals surface area (Å²) in [5, 5.41) is 9.03. The van der Waals surface area contributed by atoms with Gasteiger partial charge in [0.1, 0.15) is 0 Å². The van der Waals surface area contributed by atoms with E-state index in [4.69, 9.17) is 9.90 Å². The summed E-state index contributed by atoms with van der Waals surface area (Å²) >= 11 is 0. The van der Waals surface area contributed by atoms with Gasteiger partial charge in [0.2, 0.25) is 0 Å². The van der Waals surface area contributed by atoms with Gasteiger partial charge in [-0.25, -0.2) is 0 Å². The van der Waals surface area contributed by atoms with Crippen LogP contribution in [-0.4, -0.2) is 44.9 Å². The van der Waals surface area contributed by atoms with Crippen molar-refractivity contribution in [1.29, 1.82) is 0 Å². The molecule has 0 aromatic carbocycles. The monoisotopic (exact) mass is 429 g/mol. The van der Waals surface area contributed by atoms with Crippen molar-refractivity contribution in [3.63, 3.8) is 0 Å². The Morgan fingerprint density at radius 2 is 0.833 bits per heavy atom. The molecule has 0 N–H and O–H groups in total. The molecule has 0 saturated heterocycles. The number of rotatable bonds is 20. The highest BCUT2D eigenvalue weighted by atomic mass is 16.6. The van der Waals surface area contributed by atoms with Crippen LogP contribution in [0.1, 0.15) is 129 Å². The molecule has 0 amide bonds. The standard InChI is InChI=1S/C24H52N.C2H4O3/c1-5-7-9-11-13-15-17-19-21-23-25(3,4)24-22-20-18-16-14-12-10-8-6-2;1-5-2(3)4/h5-24H2,1-4H3;1H3,(H,3,4)/q+1;/p-1. The number of ether oxygens (including phenoxy) is 1. The van der Waals surface area contributed by atoms with E-state index < -0.39 is 6.16 Å². The zero-order chi connectivity index (χ0) is 22.9. The molecule has 0 aliphatic rings. The van der Waals surface area contributed by atoms with Crippen molar-refractivity contribution in [1.82, 2.24) is 0 Å². The molecule has 4 nitrogen and oxygen atoms in total. The molecule has 0 saturated carbocycles. The van der Waals surface area contributed by atoms with Crippen LogP contribution in [0.2, 0.25) is 0 Å². The van der Waals surface area contributed by atoms with Crippen LogP contribution in [0.5, 0.6) is 0 Å². The second-order valence-corrected chi connectivity index (χ2v) is 9.49. The average Bonchev–Trinajstić information content (AvgIpc) is 2.71. The van der Waals surface area contributed by atoms with Gasteiger partial charge in [-0.3, -0.25) is 0 Å². The van der Waals surface area contributed by atoms with Gasteiger partial charge in [-0.15, -0.1) is 0 Å². The summed E-state index contributed by atoms with van der Waals surface area (Å²) in [7, 11) is 5.92. The lowest BCUT2D eigenvalue weighted by molar-refractivity contribution is -0.890.